The van der Waals surface area contributed by atoms with E-state index in [2.05, 4.69) is 10.1 Å². The topological polar surface area (TPSA) is 47.6 Å². The Hall–Kier alpha value is -1.43. The van der Waals surface area contributed by atoms with Gasteiger partial charge in [-0.25, -0.2) is 4.79 Å². The fourth-order valence-corrected chi connectivity index (χ4v) is 2.99. The number of carbonyl (C=O) groups excluding carboxylic acids is 1. The van der Waals surface area contributed by atoms with Crippen LogP contribution in [0.3, 0.4) is 0 Å². The molecule has 4 nitrogen and oxygen atoms in total. The number of rotatable bonds is 4. The van der Waals surface area contributed by atoms with Crippen LogP contribution in [-0.4, -0.2) is 13.2 Å². The Bertz CT molecular complexity index is 638. The first-order valence-electron chi connectivity index (χ1n) is 6.01. The molecule has 112 valence electrons. The van der Waals surface area contributed by atoms with Gasteiger partial charge in [-0.2, -0.15) is 0 Å². The Morgan fingerprint density at radius 3 is 2.67 bits per heavy atom. The number of thiophene rings is 1. The molecule has 0 unspecified atom stereocenters. The van der Waals surface area contributed by atoms with Crippen molar-refractivity contribution in [3.05, 3.63) is 44.1 Å². The number of halogens is 2. The van der Waals surface area contributed by atoms with Gasteiger partial charge < -0.3 is 9.47 Å². The van der Waals surface area contributed by atoms with Crippen molar-refractivity contribution in [3.8, 4) is 5.75 Å². The summed E-state index contributed by atoms with van der Waals surface area (Å²) in [6, 6.07) is 7.15. The molecule has 0 aliphatic rings. The Morgan fingerprint density at radius 1 is 1.33 bits per heavy atom. The molecule has 0 aliphatic heterocycles. The van der Waals surface area contributed by atoms with Crippen LogP contribution in [-0.2, 0) is 11.3 Å². The quantitative estimate of drug-likeness (QED) is 0.836. The molecule has 0 saturated carbocycles. The van der Waals surface area contributed by atoms with Gasteiger partial charge in [0.05, 0.1) is 12.1 Å². The van der Waals surface area contributed by atoms with E-state index in [0.717, 1.165) is 10.4 Å². The highest BCUT2D eigenvalue weighted by Crippen LogP contribution is 2.32. The van der Waals surface area contributed by atoms with Crippen molar-refractivity contribution in [2.75, 3.05) is 12.4 Å². The normalized spacial score (nSPS) is 10.3. The first-order chi connectivity index (χ1) is 9.99. The van der Waals surface area contributed by atoms with Crippen molar-refractivity contribution < 1.29 is 14.3 Å². The number of hydrogen-bond acceptors (Lipinski definition) is 4. The average Bonchev–Trinajstić information content (AvgIpc) is 2.78. The molecule has 2 rings (SSSR count). The molecule has 21 heavy (non-hydrogen) atoms. The van der Waals surface area contributed by atoms with Crippen LogP contribution in [0, 0.1) is 6.92 Å². The van der Waals surface area contributed by atoms with Crippen molar-refractivity contribution in [1.82, 2.24) is 0 Å². The van der Waals surface area contributed by atoms with E-state index in [1.54, 1.807) is 18.2 Å². The molecule has 1 amide bonds. The maximum atomic E-state index is 11.2. The van der Waals surface area contributed by atoms with Crippen molar-refractivity contribution >= 4 is 46.3 Å². The van der Waals surface area contributed by atoms with Gasteiger partial charge in [-0.1, -0.05) is 23.2 Å². The molecule has 1 aromatic carbocycles. The maximum absolute atomic E-state index is 11.2. The van der Waals surface area contributed by atoms with Crippen molar-refractivity contribution in [1.29, 1.82) is 0 Å². The lowest BCUT2D eigenvalue weighted by Gasteiger charge is -2.10. The second-order valence-corrected chi connectivity index (χ2v) is 6.36. The van der Waals surface area contributed by atoms with Crippen LogP contribution in [0.5, 0.6) is 5.75 Å². The summed E-state index contributed by atoms with van der Waals surface area (Å²) in [6.07, 6.45) is -0.505. The lowest BCUT2D eigenvalue weighted by molar-refractivity contribution is 0.187. The van der Waals surface area contributed by atoms with Crippen LogP contribution in [0.2, 0.25) is 9.36 Å². The lowest BCUT2D eigenvalue weighted by atomic mass is 10.2. The van der Waals surface area contributed by atoms with E-state index >= 15 is 0 Å². The summed E-state index contributed by atoms with van der Waals surface area (Å²) in [6.45, 7) is 2.26. The van der Waals surface area contributed by atoms with Crippen LogP contribution < -0.4 is 10.1 Å². The SMILES string of the molecule is COC(=O)Nc1ccc(OCc2cc(Cl)c(Cl)s2)cc1C. The van der Waals surface area contributed by atoms with E-state index in [1.807, 2.05) is 13.0 Å². The zero-order valence-corrected chi connectivity index (χ0v) is 13.7. The number of amides is 1. The first-order valence-corrected chi connectivity index (χ1v) is 7.59. The summed E-state index contributed by atoms with van der Waals surface area (Å²) in [5, 5.41) is 3.16. The third-order valence-corrected chi connectivity index (χ3v) is 4.54. The zero-order chi connectivity index (χ0) is 15.4. The van der Waals surface area contributed by atoms with Gasteiger partial charge in [0.15, 0.2) is 0 Å². The van der Waals surface area contributed by atoms with Gasteiger partial charge in [-0.05, 0) is 36.8 Å². The van der Waals surface area contributed by atoms with Crippen molar-refractivity contribution in [2.45, 2.75) is 13.5 Å². The fourth-order valence-electron chi connectivity index (χ4n) is 1.64. The summed E-state index contributed by atoms with van der Waals surface area (Å²) in [5.74, 6) is 0.698. The van der Waals surface area contributed by atoms with Crippen molar-refractivity contribution in [2.24, 2.45) is 0 Å². The molecule has 0 spiro atoms. The molecule has 1 heterocycles. The van der Waals surface area contributed by atoms with Gasteiger partial charge in [-0.15, -0.1) is 11.3 Å². The Balaban J connectivity index is 2.01. The average molecular weight is 346 g/mol. The van der Waals surface area contributed by atoms with E-state index in [-0.39, 0.29) is 0 Å². The highest BCUT2D eigenvalue weighted by atomic mass is 35.5. The Kier molecular flexibility index (Phi) is 5.33. The van der Waals surface area contributed by atoms with Crippen molar-refractivity contribution in [3.63, 3.8) is 0 Å². The summed E-state index contributed by atoms with van der Waals surface area (Å²) in [4.78, 5) is 12.1. The van der Waals surface area contributed by atoms with Crippen LogP contribution >= 0.6 is 34.5 Å². The lowest BCUT2D eigenvalue weighted by Crippen LogP contribution is -2.11. The third-order valence-electron chi connectivity index (χ3n) is 2.70. The highest BCUT2D eigenvalue weighted by Gasteiger charge is 2.08. The Morgan fingerprint density at radius 2 is 2.10 bits per heavy atom. The highest BCUT2D eigenvalue weighted by molar-refractivity contribution is 7.16. The largest absolute Gasteiger partial charge is 0.488 e. The molecular formula is C14H13Cl2NO3S. The number of carbonyl (C=O) groups is 1. The van der Waals surface area contributed by atoms with Crippen LogP contribution in [0.1, 0.15) is 10.4 Å². The molecule has 0 fully saturated rings. The van der Waals surface area contributed by atoms with E-state index in [9.17, 15) is 4.79 Å². The van der Waals surface area contributed by atoms with Gasteiger partial charge in [0.1, 0.15) is 16.7 Å². The molecular weight excluding hydrogens is 333 g/mol. The minimum atomic E-state index is -0.505. The monoisotopic (exact) mass is 345 g/mol. The fraction of sp³-hybridized carbons (Fsp3) is 0.214. The molecule has 7 heteroatoms. The number of methoxy groups -OCH3 is 1. The number of hydrogen-bond donors (Lipinski definition) is 1. The molecule has 2 aromatic rings. The third kappa shape index (κ3) is 4.27. The molecule has 0 radical (unpaired) electrons. The summed E-state index contributed by atoms with van der Waals surface area (Å²) >= 11 is 13.2. The second-order valence-electron chi connectivity index (χ2n) is 4.22. The molecule has 1 aromatic heterocycles. The number of ether oxygens (including phenoxy) is 2. The van der Waals surface area contributed by atoms with Gasteiger partial charge in [0, 0.05) is 10.6 Å². The smallest absolute Gasteiger partial charge is 0.411 e. The van der Waals surface area contributed by atoms with Crippen LogP contribution in [0.25, 0.3) is 0 Å². The van der Waals surface area contributed by atoms with E-state index < -0.39 is 6.09 Å². The summed E-state index contributed by atoms with van der Waals surface area (Å²) in [7, 11) is 1.32. The van der Waals surface area contributed by atoms with Gasteiger partial charge in [0.2, 0.25) is 0 Å². The first kappa shape index (κ1) is 15.9. The number of anilines is 1. The maximum Gasteiger partial charge on any atom is 0.411 e. The number of benzene rings is 1. The number of aryl methyl sites for hydroxylation is 1. The van der Waals surface area contributed by atoms with E-state index in [0.29, 0.717) is 27.4 Å². The van der Waals surface area contributed by atoms with E-state index in [1.165, 1.54) is 18.4 Å². The van der Waals surface area contributed by atoms with Crippen LogP contribution in [0.15, 0.2) is 24.3 Å². The molecule has 0 bridgehead atoms. The number of nitrogens with one attached hydrogen (secondary N) is 1. The molecule has 0 atom stereocenters. The zero-order valence-electron chi connectivity index (χ0n) is 11.4. The molecule has 0 aliphatic carbocycles. The van der Waals surface area contributed by atoms with E-state index in [4.69, 9.17) is 27.9 Å². The van der Waals surface area contributed by atoms with Gasteiger partial charge >= 0.3 is 6.09 Å². The molecule has 1 N–H and O–H groups in total. The second kappa shape index (κ2) is 7.02. The predicted molar refractivity (Wildman–Crippen MR) is 85.9 cm³/mol. The van der Waals surface area contributed by atoms with Gasteiger partial charge in [-0.3, -0.25) is 5.32 Å². The molecule has 0 saturated heterocycles. The minimum absolute atomic E-state index is 0.389. The van der Waals surface area contributed by atoms with Gasteiger partial charge in [0.25, 0.3) is 0 Å². The Labute approximate surface area is 136 Å². The van der Waals surface area contributed by atoms with Crippen LogP contribution in [0.4, 0.5) is 10.5 Å². The summed E-state index contributed by atoms with van der Waals surface area (Å²) < 4.78 is 10.8. The summed E-state index contributed by atoms with van der Waals surface area (Å²) in [5.41, 5.74) is 1.55. The minimum Gasteiger partial charge on any atom is -0.488 e. The standard InChI is InChI=1S/C14H13Cl2NO3S/c1-8-5-9(3-4-12(8)17-14(18)19-2)20-7-10-6-11(15)13(16)21-10/h3-6H,7H2,1-2H3,(H,17,18). The predicted octanol–water partition coefficient (Wildman–Crippen LogP) is 5.12.